The van der Waals surface area contributed by atoms with Gasteiger partial charge in [-0.25, -0.2) is 9.97 Å². The highest BCUT2D eigenvalue weighted by molar-refractivity contribution is 5.90. The summed E-state index contributed by atoms with van der Waals surface area (Å²) in [5.41, 5.74) is 1.89. The predicted molar refractivity (Wildman–Crippen MR) is 105 cm³/mol. The molecule has 27 heavy (non-hydrogen) atoms. The van der Waals surface area contributed by atoms with Crippen LogP contribution in [0.4, 0.5) is 5.82 Å². The Labute approximate surface area is 157 Å². The summed E-state index contributed by atoms with van der Waals surface area (Å²) in [6, 6.07) is 18.0. The smallest absolute Gasteiger partial charge is 0.246 e. The fourth-order valence-electron chi connectivity index (χ4n) is 2.91. The van der Waals surface area contributed by atoms with E-state index in [2.05, 4.69) is 10.1 Å². The zero-order chi connectivity index (χ0) is 18.8. The molecule has 0 unspecified atom stereocenters. The van der Waals surface area contributed by atoms with Crippen molar-refractivity contribution >= 4 is 16.7 Å². The first-order valence-electron chi connectivity index (χ1n) is 8.97. The Morgan fingerprint density at radius 2 is 1.67 bits per heavy atom. The summed E-state index contributed by atoms with van der Waals surface area (Å²) in [7, 11) is 1.97. The Balaban J connectivity index is 1.74. The average molecular weight is 359 g/mol. The SMILES string of the molecule is CC(C)c1noc(CN(C)c2nc(-c3ccccc3)nc3ccccc23)n1. The molecule has 0 aliphatic heterocycles. The van der Waals surface area contributed by atoms with Crippen molar-refractivity contribution < 1.29 is 4.52 Å². The van der Waals surface area contributed by atoms with Crippen LogP contribution in [0.25, 0.3) is 22.3 Å². The summed E-state index contributed by atoms with van der Waals surface area (Å²) in [5.74, 6) is 3.06. The molecule has 0 aliphatic rings. The van der Waals surface area contributed by atoms with Crippen LogP contribution in [-0.2, 0) is 6.54 Å². The molecule has 0 fully saturated rings. The van der Waals surface area contributed by atoms with Crippen LogP contribution in [-0.4, -0.2) is 27.2 Å². The van der Waals surface area contributed by atoms with E-state index in [-0.39, 0.29) is 5.92 Å². The third-order valence-electron chi connectivity index (χ3n) is 4.35. The first-order valence-corrected chi connectivity index (χ1v) is 8.97. The van der Waals surface area contributed by atoms with Gasteiger partial charge in [0.1, 0.15) is 5.82 Å². The number of hydrogen-bond acceptors (Lipinski definition) is 6. The van der Waals surface area contributed by atoms with E-state index >= 15 is 0 Å². The zero-order valence-electron chi connectivity index (χ0n) is 15.6. The molecule has 0 saturated heterocycles. The van der Waals surface area contributed by atoms with E-state index in [0.717, 1.165) is 28.1 Å². The number of rotatable bonds is 5. The molecule has 136 valence electrons. The summed E-state index contributed by atoms with van der Waals surface area (Å²) in [6.45, 7) is 4.57. The van der Waals surface area contributed by atoms with E-state index in [1.165, 1.54) is 0 Å². The van der Waals surface area contributed by atoms with E-state index in [4.69, 9.17) is 14.5 Å². The molecule has 2 heterocycles. The molecule has 4 aromatic rings. The van der Waals surface area contributed by atoms with Crippen molar-refractivity contribution in [1.82, 2.24) is 20.1 Å². The van der Waals surface area contributed by atoms with Gasteiger partial charge in [-0.2, -0.15) is 4.98 Å². The molecule has 2 aromatic carbocycles. The molecule has 6 heteroatoms. The van der Waals surface area contributed by atoms with Crippen LogP contribution in [0.2, 0.25) is 0 Å². The highest BCUT2D eigenvalue weighted by Crippen LogP contribution is 2.27. The molecule has 2 aromatic heterocycles. The summed E-state index contributed by atoms with van der Waals surface area (Å²) >= 11 is 0. The fraction of sp³-hybridized carbons (Fsp3) is 0.238. The summed E-state index contributed by atoms with van der Waals surface area (Å²) in [6.07, 6.45) is 0. The van der Waals surface area contributed by atoms with Crippen LogP contribution in [0.1, 0.15) is 31.5 Å². The summed E-state index contributed by atoms with van der Waals surface area (Å²) in [5, 5.41) is 5.03. The molecular weight excluding hydrogens is 338 g/mol. The van der Waals surface area contributed by atoms with Gasteiger partial charge in [-0.3, -0.25) is 0 Å². The van der Waals surface area contributed by atoms with Crippen LogP contribution >= 0.6 is 0 Å². The van der Waals surface area contributed by atoms with Crippen LogP contribution in [0, 0.1) is 0 Å². The quantitative estimate of drug-likeness (QED) is 0.525. The van der Waals surface area contributed by atoms with Gasteiger partial charge in [0.15, 0.2) is 11.6 Å². The minimum atomic E-state index is 0.234. The summed E-state index contributed by atoms with van der Waals surface area (Å²) < 4.78 is 5.40. The lowest BCUT2D eigenvalue weighted by Crippen LogP contribution is -2.19. The van der Waals surface area contributed by atoms with Crippen LogP contribution in [0.5, 0.6) is 0 Å². The Hall–Kier alpha value is -3.28. The Bertz CT molecular complexity index is 1060. The molecule has 0 radical (unpaired) electrons. The van der Waals surface area contributed by atoms with Gasteiger partial charge in [0.05, 0.1) is 12.1 Å². The number of fused-ring (bicyclic) bond motifs is 1. The third-order valence-corrected chi connectivity index (χ3v) is 4.35. The number of benzene rings is 2. The predicted octanol–water partition coefficient (Wildman–Crippen LogP) is 4.44. The maximum atomic E-state index is 5.40. The van der Waals surface area contributed by atoms with Crippen molar-refractivity contribution in [3.8, 4) is 11.4 Å². The van der Waals surface area contributed by atoms with Gasteiger partial charge in [-0.05, 0) is 12.1 Å². The number of aromatic nitrogens is 4. The Kier molecular flexibility index (Phi) is 4.54. The molecular formula is C21H21N5O. The zero-order valence-corrected chi connectivity index (χ0v) is 15.6. The first kappa shape index (κ1) is 17.1. The van der Waals surface area contributed by atoms with Crippen molar-refractivity contribution in [3.63, 3.8) is 0 Å². The van der Waals surface area contributed by atoms with Gasteiger partial charge in [0.25, 0.3) is 0 Å². The van der Waals surface area contributed by atoms with Crippen molar-refractivity contribution in [2.75, 3.05) is 11.9 Å². The third kappa shape index (κ3) is 3.51. The van der Waals surface area contributed by atoms with Crippen molar-refractivity contribution in [3.05, 3.63) is 66.3 Å². The molecule has 6 nitrogen and oxygen atoms in total. The fourth-order valence-corrected chi connectivity index (χ4v) is 2.91. The lowest BCUT2D eigenvalue weighted by Gasteiger charge is -2.19. The second-order valence-corrected chi connectivity index (χ2v) is 6.81. The van der Waals surface area contributed by atoms with Crippen molar-refractivity contribution in [2.24, 2.45) is 0 Å². The van der Waals surface area contributed by atoms with Gasteiger partial charge in [-0.15, -0.1) is 0 Å². The number of hydrogen-bond donors (Lipinski definition) is 0. The second-order valence-electron chi connectivity index (χ2n) is 6.81. The second kappa shape index (κ2) is 7.15. The number of nitrogens with zero attached hydrogens (tertiary/aromatic N) is 5. The van der Waals surface area contributed by atoms with E-state index in [0.29, 0.717) is 18.3 Å². The molecule has 4 rings (SSSR count). The lowest BCUT2D eigenvalue weighted by molar-refractivity contribution is 0.371. The molecule has 0 spiro atoms. The Morgan fingerprint density at radius 3 is 2.41 bits per heavy atom. The molecule has 0 N–H and O–H groups in total. The molecule has 0 atom stereocenters. The minimum Gasteiger partial charge on any atom is -0.350 e. The lowest BCUT2D eigenvalue weighted by atomic mass is 10.2. The Morgan fingerprint density at radius 1 is 0.926 bits per heavy atom. The molecule has 0 amide bonds. The van der Waals surface area contributed by atoms with E-state index in [1.54, 1.807) is 0 Å². The van der Waals surface area contributed by atoms with Gasteiger partial charge in [0, 0.05) is 23.9 Å². The maximum absolute atomic E-state index is 5.40. The van der Waals surface area contributed by atoms with Gasteiger partial charge in [0.2, 0.25) is 5.89 Å². The standard InChI is InChI=1S/C21H21N5O/c1-14(2)19-23-18(27-25-19)13-26(3)21-16-11-7-8-12-17(16)22-20(24-21)15-9-5-4-6-10-15/h4-12,14H,13H2,1-3H3. The minimum absolute atomic E-state index is 0.234. The van der Waals surface area contributed by atoms with E-state index < -0.39 is 0 Å². The number of anilines is 1. The van der Waals surface area contributed by atoms with E-state index in [9.17, 15) is 0 Å². The van der Waals surface area contributed by atoms with E-state index in [1.807, 2.05) is 80.4 Å². The molecule has 0 aliphatic carbocycles. The van der Waals surface area contributed by atoms with Crippen molar-refractivity contribution in [2.45, 2.75) is 26.3 Å². The monoisotopic (exact) mass is 359 g/mol. The summed E-state index contributed by atoms with van der Waals surface area (Å²) in [4.78, 5) is 16.1. The van der Waals surface area contributed by atoms with Crippen LogP contribution in [0.3, 0.4) is 0 Å². The average Bonchev–Trinajstić information content (AvgIpc) is 3.16. The van der Waals surface area contributed by atoms with Crippen LogP contribution in [0.15, 0.2) is 59.1 Å². The van der Waals surface area contributed by atoms with Gasteiger partial charge >= 0.3 is 0 Å². The number of para-hydroxylation sites is 1. The van der Waals surface area contributed by atoms with Gasteiger partial charge < -0.3 is 9.42 Å². The first-order chi connectivity index (χ1) is 13.1. The normalized spacial score (nSPS) is 11.3. The van der Waals surface area contributed by atoms with Gasteiger partial charge in [-0.1, -0.05) is 61.5 Å². The highest BCUT2D eigenvalue weighted by atomic mass is 16.5. The molecule has 0 saturated carbocycles. The van der Waals surface area contributed by atoms with Crippen LogP contribution < -0.4 is 4.90 Å². The van der Waals surface area contributed by atoms with Crippen molar-refractivity contribution in [1.29, 1.82) is 0 Å². The maximum Gasteiger partial charge on any atom is 0.246 e. The largest absolute Gasteiger partial charge is 0.350 e. The topological polar surface area (TPSA) is 67.9 Å². The molecule has 0 bridgehead atoms. The highest BCUT2D eigenvalue weighted by Gasteiger charge is 2.16.